The summed E-state index contributed by atoms with van der Waals surface area (Å²) in [5.41, 5.74) is 0.700. The summed E-state index contributed by atoms with van der Waals surface area (Å²) in [7, 11) is 0. The van der Waals surface area contributed by atoms with Gasteiger partial charge in [-0.05, 0) is 53.5 Å². The number of benzene rings is 2. The van der Waals surface area contributed by atoms with Crippen molar-refractivity contribution >= 4 is 45.6 Å². The number of hydrogen-bond donors (Lipinski definition) is 2. The summed E-state index contributed by atoms with van der Waals surface area (Å²) < 4.78 is 0. The molecule has 0 atom stereocenters. The normalized spacial score (nSPS) is 9.42. The molecule has 2 N–H and O–H groups in total. The lowest BCUT2D eigenvalue weighted by Crippen LogP contribution is -1.99. The Balaban J connectivity index is 0.000000240. The Hall–Kier alpha value is -2.70. The number of carboxylic acids is 2. The lowest BCUT2D eigenvalue weighted by atomic mass is 10.1. The minimum atomic E-state index is -1.06. The molecule has 2 rings (SSSR count). The Labute approximate surface area is 146 Å². The highest BCUT2D eigenvalue weighted by Gasteiger charge is 2.06. The van der Waals surface area contributed by atoms with Crippen molar-refractivity contribution in [2.24, 2.45) is 0 Å². The standard InChI is InChI=1S/C8H4Cl2O2.C8H6O4/c9-7(11)5-2-1-3-6(4-5)8(10)12;9-7(10)5-1-2-6(4-3-5)8(11)12/h1-4H;1-4H,(H,9,10)(H,11,12). The predicted octanol–water partition coefficient (Wildman–Crippen LogP) is 3.53. The average molecular weight is 369 g/mol. The van der Waals surface area contributed by atoms with E-state index in [9.17, 15) is 19.2 Å². The number of carbonyl (C=O) groups excluding carboxylic acids is 2. The van der Waals surface area contributed by atoms with Crippen molar-refractivity contribution in [1.29, 1.82) is 0 Å². The van der Waals surface area contributed by atoms with Crippen molar-refractivity contribution in [2.75, 3.05) is 0 Å². The fraction of sp³-hybridized carbons (Fsp3) is 0. The highest BCUT2D eigenvalue weighted by molar-refractivity contribution is 6.69. The molecule has 2 aromatic rings. The Bertz CT molecular complexity index is 721. The number of rotatable bonds is 4. The molecule has 0 heterocycles. The third-order valence-corrected chi connectivity index (χ3v) is 3.13. The molecular weight excluding hydrogens is 359 g/mol. The van der Waals surface area contributed by atoms with Crippen LogP contribution in [0, 0.1) is 0 Å². The Morgan fingerprint density at radius 3 is 1.21 bits per heavy atom. The summed E-state index contributed by atoms with van der Waals surface area (Å²) in [6, 6.07) is 10.9. The quantitative estimate of drug-likeness (QED) is 0.798. The third kappa shape index (κ3) is 5.83. The lowest BCUT2D eigenvalue weighted by Gasteiger charge is -1.95. The van der Waals surface area contributed by atoms with Crippen LogP contribution in [0.5, 0.6) is 0 Å². The second-order valence-electron chi connectivity index (χ2n) is 4.32. The summed E-state index contributed by atoms with van der Waals surface area (Å²) in [6.07, 6.45) is 0. The highest BCUT2D eigenvalue weighted by Crippen LogP contribution is 2.09. The number of carboxylic acid groups (broad SMARTS) is 2. The maximum absolute atomic E-state index is 10.6. The van der Waals surface area contributed by atoms with Crippen molar-refractivity contribution in [3.63, 3.8) is 0 Å². The zero-order valence-corrected chi connectivity index (χ0v) is 13.4. The van der Waals surface area contributed by atoms with Gasteiger partial charge in [0.25, 0.3) is 10.5 Å². The van der Waals surface area contributed by atoms with E-state index in [1.54, 1.807) is 6.07 Å². The van der Waals surface area contributed by atoms with Gasteiger partial charge in [-0.2, -0.15) is 0 Å². The van der Waals surface area contributed by atoms with E-state index in [2.05, 4.69) is 0 Å². The first-order chi connectivity index (χ1) is 11.2. The van der Waals surface area contributed by atoms with Crippen LogP contribution in [0.4, 0.5) is 0 Å². The van der Waals surface area contributed by atoms with Gasteiger partial charge >= 0.3 is 11.9 Å². The van der Waals surface area contributed by atoms with Gasteiger partial charge in [-0.1, -0.05) is 18.2 Å². The van der Waals surface area contributed by atoms with Crippen LogP contribution in [0.3, 0.4) is 0 Å². The van der Waals surface area contributed by atoms with Crippen molar-refractivity contribution in [2.45, 2.75) is 0 Å². The molecule has 0 aliphatic heterocycles. The third-order valence-electron chi connectivity index (χ3n) is 2.70. The number of hydrogen-bond acceptors (Lipinski definition) is 4. The van der Waals surface area contributed by atoms with Crippen molar-refractivity contribution in [3.05, 3.63) is 70.8 Å². The molecule has 0 aliphatic rings. The van der Waals surface area contributed by atoms with Crippen LogP contribution in [0.1, 0.15) is 41.4 Å². The molecule has 0 aromatic heterocycles. The molecule has 2 aromatic carbocycles. The minimum absolute atomic E-state index is 0.0833. The van der Waals surface area contributed by atoms with E-state index < -0.39 is 22.4 Å². The first-order valence-corrected chi connectivity index (χ1v) is 7.04. The molecule has 124 valence electrons. The van der Waals surface area contributed by atoms with E-state index in [1.807, 2.05) is 0 Å². The molecule has 0 radical (unpaired) electrons. The molecule has 0 amide bonds. The van der Waals surface area contributed by atoms with E-state index in [-0.39, 0.29) is 22.3 Å². The van der Waals surface area contributed by atoms with Crippen LogP contribution < -0.4 is 0 Å². The van der Waals surface area contributed by atoms with Crippen molar-refractivity contribution in [3.8, 4) is 0 Å². The Morgan fingerprint density at radius 2 is 0.958 bits per heavy atom. The van der Waals surface area contributed by atoms with Gasteiger partial charge in [0, 0.05) is 11.1 Å². The SMILES string of the molecule is O=C(Cl)c1cccc(C(=O)Cl)c1.O=C(O)c1ccc(C(=O)O)cc1. The van der Waals surface area contributed by atoms with Gasteiger partial charge in [-0.3, -0.25) is 9.59 Å². The molecule has 0 saturated heterocycles. The second-order valence-corrected chi connectivity index (χ2v) is 5.00. The summed E-state index contributed by atoms with van der Waals surface area (Å²) >= 11 is 10.4. The maximum atomic E-state index is 10.6. The van der Waals surface area contributed by atoms with E-state index in [0.717, 1.165) is 0 Å². The van der Waals surface area contributed by atoms with E-state index >= 15 is 0 Å². The van der Waals surface area contributed by atoms with Crippen LogP contribution in [0.15, 0.2) is 48.5 Å². The minimum Gasteiger partial charge on any atom is -0.478 e. The van der Waals surface area contributed by atoms with Gasteiger partial charge in [0.1, 0.15) is 0 Å². The molecule has 24 heavy (non-hydrogen) atoms. The predicted molar refractivity (Wildman–Crippen MR) is 87.2 cm³/mol. The zero-order chi connectivity index (χ0) is 18.3. The molecule has 0 fully saturated rings. The van der Waals surface area contributed by atoms with Crippen LogP contribution in [-0.2, 0) is 0 Å². The summed E-state index contributed by atoms with van der Waals surface area (Å²) in [5, 5.41) is 15.7. The number of carbonyl (C=O) groups is 4. The van der Waals surface area contributed by atoms with E-state index in [1.165, 1.54) is 42.5 Å². The Morgan fingerprint density at radius 1 is 0.625 bits per heavy atom. The fourth-order valence-corrected chi connectivity index (χ4v) is 1.75. The first-order valence-electron chi connectivity index (χ1n) is 6.28. The molecular formula is C16H10Cl2O6. The largest absolute Gasteiger partial charge is 0.478 e. The van der Waals surface area contributed by atoms with Gasteiger partial charge in [-0.25, -0.2) is 9.59 Å². The van der Waals surface area contributed by atoms with E-state index in [0.29, 0.717) is 0 Å². The topological polar surface area (TPSA) is 109 Å². The van der Waals surface area contributed by atoms with Gasteiger partial charge < -0.3 is 10.2 Å². The molecule has 6 nitrogen and oxygen atoms in total. The molecule has 0 aliphatic carbocycles. The first kappa shape index (κ1) is 19.3. The fourth-order valence-electron chi connectivity index (χ4n) is 1.52. The zero-order valence-electron chi connectivity index (χ0n) is 11.9. The highest BCUT2D eigenvalue weighted by atomic mass is 35.5. The summed E-state index contributed by atoms with van der Waals surface area (Å²) in [5.74, 6) is -2.13. The molecule has 0 saturated carbocycles. The van der Waals surface area contributed by atoms with Gasteiger partial charge in [0.15, 0.2) is 0 Å². The average Bonchev–Trinajstić information content (AvgIpc) is 2.55. The smallest absolute Gasteiger partial charge is 0.335 e. The Kier molecular flexibility index (Phi) is 7.10. The number of halogens is 2. The lowest BCUT2D eigenvalue weighted by molar-refractivity contribution is 0.0681. The maximum Gasteiger partial charge on any atom is 0.335 e. The van der Waals surface area contributed by atoms with Crippen LogP contribution in [0.25, 0.3) is 0 Å². The monoisotopic (exact) mass is 368 g/mol. The van der Waals surface area contributed by atoms with Gasteiger partial charge in [0.2, 0.25) is 0 Å². The van der Waals surface area contributed by atoms with Gasteiger partial charge in [-0.15, -0.1) is 0 Å². The number of aromatic carboxylic acids is 2. The van der Waals surface area contributed by atoms with E-state index in [4.69, 9.17) is 33.4 Å². The van der Waals surface area contributed by atoms with Gasteiger partial charge in [0.05, 0.1) is 11.1 Å². The van der Waals surface area contributed by atoms with Crippen molar-refractivity contribution < 1.29 is 29.4 Å². The summed E-state index contributed by atoms with van der Waals surface area (Å²) in [6.45, 7) is 0. The summed E-state index contributed by atoms with van der Waals surface area (Å²) in [4.78, 5) is 41.9. The molecule has 0 spiro atoms. The van der Waals surface area contributed by atoms with Crippen LogP contribution in [-0.4, -0.2) is 32.6 Å². The van der Waals surface area contributed by atoms with Crippen LogP contribution >= 0.6 is 23.2 Å². The van der Waals surface area contributed by atoms with Crippen molar-refractivity contribution in [1.82, 2.24) is 0 Å². The second kappa shape index (κ2) is 8.81. The molecule has 0 bridgehead atoms. The molecule has 8 heteroatoms. The molecule has 0 unspecified atom stereocenters. The van der Waals surface area contributed by atoms with Crippen LogP contribution in [0.2, 0.25) is 0 Å².